The van der Waals surface area contributed by atoms with Crippen LogP contribution in [0.5, 0.6) is 5.75 Å². The maximum Gasteiger partial charge on any atom is 0.143 e. The summed E-state index contributed by atoms with van der Waals surface area (Å²) in [6.45, 7) is 0. The Morgan fingerprint density at radius 2 is 1.88 bits per heavy atom. The van der Waals surface area contributed by atoms with E-state index in [1.807, 2.05) is 6.07 Å². The van der Waals surface area contributed by atoms with Crippen molar-refractivity contribution in [3.05, 3.63) is 23.9 Å². The second-order valence-electron chi connectivity index (χ2n) is 5.00. The first-order valence-corrected chi connectivity index (χ1v) is 6.52. The summed E-state index contributed by atoms with van der Waals surface area (Å²) in [5.74, 6) is 0.864. The summed E-state index contributed by atoms with van der Waals surface area (Å²) in [4.78, 5) is 0. The number of aromatic amines is 1. The second kappa shape index (κ2) is 4.40. The van der Waals surface area contributed by atoms with Crippen molar-refractivity contribution in [2.45, 2.75) is 44.4 Å². The van der Waals surface area contributed by atoms with Gasteiger partial charge in [0.15, 0.2) is 0 Å². The zero-order valence-corrected chi connectivity index (χ0v) is 9.95. The molecule has 0 radical (unpaired) electrons. The van der Waals surface area contributed by atoms with E-state index in [0.29, 0.717) is 11.4 Å². The van der Waals surface area contributed by atoms with Crippen molar-refractivity contribution in [1.82, 2.24) is 10.2 Å². The molecule has 17 heavy (non-hydrogen) atoms. The number of benzene rings is 1. The molecular formula is C14H18N2O. The summed E-state index contributed by atoms with van der Waals surface area (Å²) in [6, 6.07) is 5.65. The topological polar surface area (TPSA) is 48.9 Å². The van der Waals surface area contributed by atoms with E-state index in [2.05, 4.69) is 16.3 Å². The van der Waals surface area contributed by atoms with Crippen LogP contribution in [-0.2, 0) is 0 Å². The monoisotopic (exact) mass is 230 g/mol. The number of nitrogens with zero attached hydrogens (tertiary/aromatic N) is 1. The maximum absolute atomic E-state index is 9.76. The second-order valence-corrected chi connectivity index (χ2v) is 5.00. The zero-order chi connectivity index (χ0) is 11.7. The van der Waals surface area contributed by atoms with Gasteiger partial charge in [0.25, 0.3) is 0 Å². The van der Waals surface area contributed by atoms with E-state index < -0.39 is 0 Å². The average Bonchev–Trinajstić information content (AvgIpc) is 2.59. The van der Waals surface area contributed by atoms with Gasteiger partial charge in [-0.15, -0.1) is 0 Å². The Bertz CT molecular complexity index is 510. The molecule has 1 aromatic carbocycles. The Labute approximate surface area is 101 Å². The molecule has 0 unspecified atom stereocenters. The van der Waals surface area contributed by atoms with Gasteiger partial charge in [0.05, 0.1) is 0 Å². The molecule has 2 aromatic rings. The van der Waals surface area contributed by atoms with Crippen LogP contribution in [0.2, 0.25) is 0 Å². The van der Waals surface area contributed by atoms with Crippen molar-refractivity contribution < 1.29 is 5.11 Å². The Kier molecular flexibility index (Phi) is 2.75. The van der Waals surface area contributed by atoms with Crippen LogP contribution in [0, 0.1) is 0 Å². The van der Waals surface area contributed by atoms with Crippen LogP contribution in [0.15, 0.2) is 18.2 Å². The lowest BCUT2D eigenvalue weighted by atomic mass is 9.94. The molecule has 0 amide bonds. The lowest BCUT2D eigenvalue weighted by Crippen LogP contribution is -1.98. The van der Waals surface area contributed by atoms with Gasteiger partial charge >= 0.3 is 0 Å². The minimum absolute atomic E-state index is 0.277. The molecule has 3 nitrogen and oxygen atoms in total. The molecule has 3 heteroatoms. The number of para-hydroxylation sites is 1. The van der Waals surface area contributed by atoms with Gasteiger partial charge in [-0.05, 0) is 18.9 Å². The lowest BCUT2D eigenvalue weighted by molar-refractivity contribution is 0.480. The van der Waals surface area contributed by atoms with Gasteiger partial charge < -0.3 is 5.11 Å². The third-order valence-corrected chi connectivity index (χ3v) is 3.86. The zero-order valence-electron chi connectivity index (χ0n) is 9.95. The standard InChI is InChI=1S/C14H18N2O/c17-12-9-5-8-11-13(15-16-14(11)12)10-6-3-1-2-4-7-10/h5,8-10,17H,1-4,6-7H2,(H,15,16). The van der Waals surface area contributed by atoms with Crippen LogP contribution in [-0.4, -0.2) is 15.3 Å². The first-order chi connectivity index (χ1) is 8.36. The van der Waals surface area contributed by atoms with Crippen molar-refractivity contribution >= 4 is 10.9 Å². The molecule has 1 aliphatic rings. The van der Waals surface area contributed by atoms with Gasteiger partial charge in [0.1, 0.15) is 11.3 Å². The van der Waals surface area contributed by atoms with E-state index in [9.17, 15) is 5.11 Å². The fourth-order valence-electron chi connectivity index (χ4n) is 2.92. The molecule has 0 spiro atoms. The number of phenolic OH excluding ortho intramolecular Hbond substituents is 1. The van der Waals surface area contributed by atoms with Gasteiger partial charge in [0.2, 0.25) is 0 Å². The third kappa shape index (κ3) is 1.90. The molecule has 0 atom stereocenters. The number of aromatic nitrogens is 2. The molecule has 1 saturated carbocycles. The summed E-state index contributed by atoms with van der Waals surface area (Å²) in [5.41, 5.74) is 1.93. The highest BCUT2D eigenvalue weighted by Crippen LogP contribution is 2.35. The Morgan fingerprint density at radius 1 is 1.12 bits per heavy atom. The van der Waals surface area contributed by atoms with E-state index in [4.69, 9.17) is 0 Å². The smallest absolute Gasteiger partial charge is 0.143 e. The van der Waals surface area contributed by atoms with Gasteiger partial charge in [-0.3, -0.25) is 5.10 Å². The SMILES string of the molecule is Oc1cccc2c(C3CCCCCC3)[nH]nc12. The molecular weight excluding hydrogens is 212 g/mol. The summed E-state index contributed by atoms with van der Waals surface area (Å²) in [7, 11) is 0. The molecule has 1 heterocycles. The summed E-state index contributed by atoms with van der Waals surface area (Å²) in [5, 5.41) is 18.2. The number of hydrogen-bond donors (Lipinski definition) is 2. The first kappa shape index (κ1) is 10.6. The van der Waals surface area contributed by atoms with Crippen LogP contribution in [0.3, 0.4) is 0 Å². The predicted molar refractivity (Wildman–Crippen MR) is 68.2 cm³/mol. The Balaban J connectivity index is 2.02. The Hall–Kier alpha value is -1.51. The molecule has 0 saturated heterocycles. The highest BCUT2D eigenvalue weighted by molar-refractivity contribution is 5.86. The maximum atomic E-state index is 9.76. The molecule has 1 aromatic heterocycles. The van der Waals surface area contributed by atoms with Gasteiger partial charge in [-0.1, -0.05) is 37.8 Å². The van der Waals surface area contributed by atoms with Gasteiger partial charge in [0, 0.05) is 17.0 Å². The van der Waals surface area contributed by atoms with E-state index >= 15 is 0 Å². The van der Waals surface area contributed by atoms with Crippen LogP contribution in [0.25, 0.3) is 10.9 Å². The number of fused-ring (bicyclic) bond motifs is 1. The number of H-pyrrole nitrogens is 1. The molecule has 2 N–H and O–H groups in total. The average molecular weight is 230 g/mol. The largest absolute Gasteiger partial charge is 0.506 e. The quantitative estimate of drug-likeness (QED) is 0.734. The predicted octanol–water partition coefficient (Wildman–Crippen LogP) is 3.71. The molecule has 90 valence electrons. The molecule has 1 aliphatic carbocycles. The lowest BCUT2D eigenvalue weighted by Gasteiger charge is -2.12. The van der Waals surface area contributed by atoms with E-state index in [-0.39, 0.29) is 5.75 Å². The number of rotatable bonds is 1. The molecule has 0 bridgehead atoms. The van der Waals surface area contributed by atoms with Crippen molar-refractivity contribution in [1.29, 1.82) is 0 Å². The minimum Gasteiger partial charge on any atom is -0.506 e. The van der Waals surface area contributed by atoms with Crippen molar-refractivity contribution in [3.63, 3.8) is 0 Å². The highest BCUT2D eigenvalue weighted by Gasteiger charge is 2.19. The summed E-state index contributed by atoms with van der Waals surface area (Å²) in [6.07, 6.45) is 7.82. The number of phenols is 1. The molecule has 0 aliphatic heterocycles. The minimum atomic E-state index is 0.277. The third-order valence-electron chi connectivity index (χ3n) is 3.86. The fraction of sp³-hybridized carbons (Fsp3) is 0.500. The van der Waals surface area contributed by atoms with E-state index in [1.165, 1.54) is 44.2 Å². The highest BCUT2D eigenvalue weighted by atomic mass is 16.3. The van der Waals surface area contributed by atoms with Crippen molar-refractivity contribution in [3.8, 4) is 5.75 Å². The molecule has 1 fully saturated rings. The van der Waals surface area contributed by atoms with E-state index in [0.717, 1.165) is 5.39 Å². The van der Waals surface area contributed by atoms with Crippen LogP contribution in [0.1, 0.15) is 50.1 Å². The summed E-state index contributed by atoms with van der Waals surface area (Å²) < 4.78 is 0. The molecule has 3 rings (SSSR count). The van der Waals surface area contributed by atoms with Crippen LogP contribution < -0.4 is 0 Å². The van der Waals surface area contributed by atoms with Gasteiger partial charge in [-0.25, -0.2) is 0 Å². The van der Waals surface area contributed by atoms with E-state index in [1.54, 1.807) is 6.07 Å². The normalized spacial score (nSPS) is 18.4. The van der Waals surface area contributed by atoms with Crippen molar-refractivity contribution in [2.75, 3.05) is 0 Å². The first-order valence-electron chi connectivity index (χ1n) is 6.52. The number of aromatic hydroxyl groups is 1. The van der Waals surface area contributed by atoms with Gasteiger partial charge in [-0.2, -0.15) is 5.10 Å². The summed E-state index contributed by atoms with van der Waals surface area (Å²) >= 11 is 0. The van der Waals surface area contributed by atoms with Crippen LogP contribution in [0.4, 0.5) is 0 Å². The Morgan fingerprint density at radius 3 is 2.65 bits per heavy atom. The number of hydrogen-bond acceptors (Lipinski definition) is 2. The number of nitrogens with one attached hydrogen (secondary N) is 1. The van der Waals surface area contributed by atoms with Crippen molar-refractivity contribution in [2.24, 2.45) is 0 Å². The van der Waals surface area contributed by atoms with Crippen LogP contribution >= 0.6 is 0 Å². The fourth-order valence-corrected chi connectivity index (χ4v) is 2.92.